The van der Waals surface area contributed by atoms with Crippen molar-refractivity contribution in [3.63, 3.8) is 0 Å². The molecule has 0 amide bonds. The number of hydrogen-bond donors (Lipinski definition) is 1. The van der Waals surface area contributed by atoms with Gasteiger partial charge < -0.3 is 14.3 Å². The number of hydrogen-bond acceptors (Lipinski definition) is 5. The molecule has 0 radical (unpaired) electrons. The number of esters is 1. The summed E-state index contributed by atoms with van der Waals surface area (Å²) in [6.07, 6.45) is 3.46. The third-order valence-corrected chi connectivity index (χ3v) is 4.94. The van der Waals surface area contributed by atoms with E-state index in [0.717, 1.165) is 11.1 Å². The molecule has 2 aromatic carbocycles. The van der Waals surface area contributed by atoms with E-state index < -0.39 is 5.97 Å². The Morgan fingerprint density at radius 3 is 2.53 bits per heavy atom. The summed E-state index contributed by atoms with van der Waals surface area (Å²) >= 11 is 0. The monoisotopic (exact) mass is 427 g/mol. The Hall–Kier alpha value is -4.19. The van der Waals surface area contributed by atoms with E-state index in [1.54, 1.807) is 49.4 Å². The molecule has 0 saturated heterocycles. The molecule has 4 aromatic rings. The van der Waals surface area contributed by atoms with Crippen LogP contribution in [0.25, 0.3) is 34.4 Å². The van der Waals surface area contributed by atoms with Gasteiger partial charge >= 0.3 is 11.9 Å². The summed E-state index contributed by atoms with van der Waals surface area (Å²) in [5.74, 6) is -0.115. The second-order valence-corrected chi connectivity index (χ2v) is 7.25. The fraction of sp³-hybridized carbons (Fsp3) is 0.115. The van der Waals surface area contributed by atoms with E-state index in [1.165, 1.54) is 0 Å². The van der Waals surface area contributed by atoms with Crippen molar-refractivity contribution in [1.29, 1.82) is 0 Å². The summed E-state index contributed by atoms with van der Waals surface area (Å²) in [6, 6.07) is 17.7. The summed E-state index contributed by atoms with van der Waals surface area (Å²) in [6.45, 7) is 4.01. The molecular formula is C26H21NO5. The predicted octanol–water partition coefficient (Wildman–Crippen LogP) is 5.85. The third-order valence-electron chi connectivity index (χ3n) is 4.94. The maximum atomic E-state index is 11.8. The Morgan fingerprint density at radius 1 is 1.03 bits per heavy atom. The molecule has 2 heterocycles. The molecule has 0 atom stereocenters. The van der Waals surface area contributed by atoms with E-state index in [2.05, 4.69) is 4.98 Å². The molecule has 6 nitrogen and oxygen atoms in total. The van der Waals surface area contributed by atoms with Gasteiger partial charge in [0.2, 0.25) is 0 Å². The highest BCUT2D eigenvalue weighted by atomic mass is 16.5. The molecule has 0 aliphatic carbocycles. The van der Waals surface area contributed by atoms with Crippen LogP contribution in [0.1, 0.15) is 44.7 Å². The SMILES string of the molecule is CCOC(=O)c1ccc(-c2ccc(C=Cc3cc(C(=O)O)c4cc(C)ccc4n3)o2)cc1. The molecule has 0 aliphatic rings. The Labute approximate surface area is 184 Å². The number of aromatic nitrogens is 1. The number of carboxylic acids is 1. The molecule has 2 aromatic heterocycles. The smallest absolute Gasteiger partial charge is 0.338 e. The molecule has 32 heavy (non-hydrogen) atoms. The lowest BCUT2D eigenvalue weighted by Crippen LogP contribution is -2.03. The Morgan fingerprint density at radius 2 is 1.81 bits per heavy atom. The van der Waals surface area contributed by atoms with Crippen LogP contribution < -0.4 is 0 Å². The number of carbonyl (C=O) groups excluding carboxylic acids is 1. The van der Waals surface area contributed by atoms with Gasteiger partial charge in [-0.25, -0.2) is 14.6 Å². The maximum Gasteiger partial charge on any atom is 0.338 e. The van der Waals surface area contributed by atoms with Gasteiger partial charge in [-0.3, -0.25) is 0 Å². The number of ether oxygens (including phenoxy) is 1. The number of benzene rings is 2. The maximum absolute atomic E-state index is 11.8. The number of carboxylic acid groups (broad SMARTS) is 1. The minimum absolute atomic E-state index is 0.208. The van der Waals surface area contributed by atoms with Crippen LogP contribution in [0.5, 0.6) is 0 Å². The topological polar surface area (TPSA) is 89.6 Å². The number of furan rings is 1. The Kier molecular flexibility index (Phi) is 5.85. The quantitative estimate of drug-likeness (QED) is 0.388. The van der Waals surface area contributed by atoms with Gasteiger partial charge in [0.25, 0.3) is 0 Å². The molecule has 160 valence electrons. The fourth-order valence-electron chi connectivity index (χ4n) is 3.37. The normalized spacial score (nSPS) is 11.2. The van der Waals surface area contributed by atoms with Gasteiger partial charge in [0.15, 0.2) is 0 Å². The number of aromatic carboxylic acids is 1. The zero-order valence-corrected chi connectivity index (χ0v) is 17.7. The number of aryl methyl sites for hydroxylation is 1. The van der Waals surface area contributed by atoms with Gasteiger partial charge in [-0.05, 0) is 68.5 Å². The average molecular weight is 427 g/mol. The molecule has 0 saturated carbocycles. The van der Waals surface area contributed by atoms with Crippen LogP contribution in [0.2, 0.25) is 0 Å². The van der Waals surface area contributed by atoms with Gasteiger partial charge in [0, 0.05) is 10.9 Å². The Balaban J connectivity index is 1.58. The molecule has 0 spiro atoms. The van der Waals surface area contributed by atoms with Crippen LogP contribution in [0.4, 0.5) is 0 Å². The van der Waals surface area contributed by atoms with Crippen molar-refractivity contribution >= 4 is 35.0 Å². The summed E-state index contributed by atoms with van der Waals surface area (Å²) in [4.78, 5) is 28.0. The minimum atomic E-state index is -0.996. The predicted molar refractivity (Wildman–Crippen MR) is 122 cm³/mol. The minimum Gasteiger partial charge on any atom is -0.478 e. The van der Waals surface area contributed by atoms with Crippen LogP contribution in [0, 0.1) is 6.92 Å². The van der Waals surface area contributed by atoms with E-state index in [0.29, 0.717) is 40.3 Å². The van der Waals surface area contributed by atoms with Gasteiger partial charge in [0.05, 0.1) is 28.9 Å². The zero-order valence-electron chi connectivity index (χ0n) is 17.7. The lowest BCUT2D eigenvalue weighted by molar-refractivity contribution is 0.0526. The average Bonchev–Trinajstić information content (AvgIpc) is 3.26. The van der Waals surface area contributed by atoms with Crippen LogP contribution >= 0.6 is 0 Å². The van der Waals surface area contributed by atoms with Crippen molar-refractivity contribution in [2.75, 3.05) is 6.61 Å². The molecule has 0 fully saturated rings. The van der Waals surface area contributed by atoms with Gasteiger partial charge in [-0.2, -0.15) is 0 Å². The largest absolute Gasteiger partial charge is 0.478 e. The van der Waals surface area contributed by atoms with E-state index >= 15 is 0 Å². The number of carbonyl (C=O) groups is 2. The second kappa shape index (κ2) is 8.89. The first kappa shape index (κ1) is 21.1. The van der Waals surface area contributed by atoms with Gasteiger partial charge in [0.1, 0.15) is 11.5 Å². The first-order valence-corrected chi connectivity index (χ1v) is 10.1. The summed E-state index contributed by atoms with van der Waals surface area (Å²) in [5.41, 5.74) is 3.63. The zero-order chi connectivity index (χ0) is 22.7. The van der Waals surface area contributed by atoms with Crippen LogP contribution in [-0.2, 0) is 4.74 Å². The highest BCUT2D eigenvalue weighted by Crippen LogP contribution is 2.25. The van der Waals surface area contributed by atoms with E-state index in [4.69, 9.17) is 9.15 Å². The van der Waals surface area contributed by atoms with E-state index in [-0.39, 0.29) is 11.5 Å². The third kappa shape index (κ3) is 4.44. The van der Waals surface area contributed by atoms with Crippen molar-refractivity contribution in [3.8, 4) is 11.3 Å². The second-order valence-electron chi connectivity index (χ2n) is 7.25. The number of rotatable bonds is 6. The first-order chi connectivity index (χ1) is 15.4. The molecule has 0 bridgehead atoms. The molecule has 0 aliphatic heterocycles. The Bertz CT molecular complexity index is 1330. The van der Waals surface area contributed by atoms with Crippen molar-refractivity contribution in [1.82, 2.24) is 4.98 Å². The molecule has 6 heteroatoms. The highest BCUT2D eigenvalue weighted by molar-refractivity contribution is 6.03. The van der Waals surface area contributed by atoms with Crippen molar-refractivity contribution in [2.45, 2.75) is 13.8 Å². The van der Waals surface area contributed by atoms with E-state index in [9.17, 15) is 14.7 Å². The standard InChI is InChI=1S/C26H21NO5/c1-3-31-26(30)18-7-5-17(6-8-18)24-13-11-20(32-24)10-9-19-15-22(25(28)29)21-14-16(2)4-12-23(21)27-19/h4-15H,3H2,1-2H3,(H,28,29). The van der Waals surface area contributed by atoms with Crippen LogP contribution in [0.15, 0.2) is 65.1 Å². The van der Waals surface area contributed by atoms with Crippen LogP contribution in [0.3, 0.4) is 0 Å². The molecule has 4 rings (SSSR count). The van der Waals surface area contributed by atoms with E-state index in [1.807, 2.05) is 37.3 Å². The molecule has 0 unspecified atom stereocenters. The van der Waals surface area contributed by atoms with Gasteiger partial charge in [-0.15, -0.1) is 0 Å². The summed E-state index contributed by atoms with van der Waals surface area (Å²) in [7, 11) is 0. The highest BCUT2D eigenvalue weighted by Gasteiger charge is 2.12. The number of fused-ring (bicyclic) bond motifs is 1. The lowest BCUT2D eigenvalue weighted by Gasteiger charge is -2.05. The fourth-order valence-corrected chi connectivity index (χ4v) is 3.37. The summed E-state index contributed by atoms with van der Waals surface area (Å²) < 4.78 is 10.9. The number of nitrogens with zero attached hydrogens (tertiary/aromatic N) is 1. The number of pyridine rings is 1. The lowest BCUT2D eigenvalue weighted by atomic mass is 10.1. The molecule has 1 N–H and O–H groups in total. The summed E-state index contributed by atoms with van der Waals surface area (Å²) in [5, 5.41) is 10.2. The first-order valence-electron chi connectivity index (χ1n) is 10.1. The van der Waals surface area contributed by atoms with Gasteiger partial charge in [-0.1, -0.05) is 23.8 Å². The molecular weight excluding hydrogens is 406 g/mol. The van der Waals surface area contributed by atoms with Crippen molar-refractivity contribution < 1.29 is 23.8 Å². The van der Waals surface area contributed by atoms with Crippen molar-refractivity contribution in [3.05, 3.63) is 88.8 Å². The van der Waals surface area contributed by atoms with Crippen LogP contribution in [-0.4, -0.2) is 28.6 Å². The van der Waals surface area contributed by atoms with Crippen molar-refractivity contribution in [2.24, 2.45) is 0 Å².